The van der Waals surface area contributed by atoms with Gasteiger partial charge in [0.2, 0.25) is 0 Å². The maximum absolute atomic E-state index is 12.5. The molecule has 7 heteroatoms. The van der Waals surface area contributed by atoms with Gasteiger partial charge in [0.15, 0.2) is 0 Å². The number of hydrogen-bond donors (Lipinski definition) is 2. The largest absolute Gasteiger partial charge is 0.377 e. The van der Waals surface area contributed by atoms with Gasteiger partial charge in [0.25, 0.3) is 5.91 Å². The van der Waals surface area contributed by atoms with Gasteiger partial charge in [0.05, 0.1) is 21.1 Å². The second-order valence-electron chi connectivity index (χ2n) is 8.61. The Morgan fingerprint density at radius 1 is 1.06 bits per heavy atom. The van der Waals surface area contributed by atoms with Crippen LogP contribution < -0.4 is 15.5 Å². The monoisotopic (exact) mass is 470 g/mol. The van der Waals surface area contributed by atoms with Gasteiger partial charge in [-0.3, -0.25) is 4.79 Å². The quantitative estimate of drug-likeness (QED) is 0.463. The second kappa shape index (κ2) is 9.97. The van der Waals surface area contributed by atoms with Gasteiger partial charge < -0.3 is 15.5 Å². The molecule has 1 heterocycles. The Hall–Kier alpha value is -2.50. The Morgan fingerprint density at radius 2 is 1.81 bits per heavy atom. The van der Waals surface area contributed by atoms with Crippen LogP contribution in [-0.4, -0.2) is 37.6 Å². The van der Waals surface area contributed by atoms with Crippen LogP contribution in [0.1, 0.15) is 36.0 Å². The molecule has 168 valence electrons. The van der Waals surface area contributed by atoms with E-state index in [4.69, 9.17) is 28.2 Å². The molecular formula is C25H28Cl2N4O. The van der Waals surface area contributed by atoms with Gasteiger partial charge in [-0.05, 0) is 49.8 Å². The lowest BCUT2D eigenvalue weighted by molar-refractivity contribution is 0.0943. The van der Waals surface area contributed by atoms with Crippen molar-refractivity contribution in [2.24, 2.45) is 5.92 Å². The fourth-order valence-electron chi connectivity index (χ4n) is 4.33. The molecule has 0 aliphatic heterocycles. The van der Waals surface area contributed by atoms with Crippen LogP contribution in [0.25, 0.3) is 10.9 Å². The Balaban J connectivity index is 1.32. The van der Waals surface area contributed by atoms with E-state index in [1.165, 1.54) is 0 Å². The lowest BCUT2D eigenvalue weighted by Crippen LogP contribution is -2.34. The number of aromatic nitrogens is 1. The lowest BCUT2D eigenvalue weighted by Gasteiger charge is -2.30. The molecule has 1 aliphatic carbocycles. The van der Waals surface area contributed by atoms with Crippen molar-refractivity contribution < 1.29 is 4.79 Å². The molecule has 32 heavy (non-hydrogen) atoms. The van der Waals surface area contributed by atoms with Crippen molar-refractivity contribution in [3.05, 3.63) is 64.1 Å². The number of carbonyl (C=O) groups is 1. The molecule has 0 spiro atoms. The van der Waals surface area contributed by atoms with E-state index in [0.717, 1.165) is 48.1 Å². The zero-order valence-corrected chi connectivity index (χ0v) is 19.9. The minimum atomic E-state index is -0.172. The number of anilines is 2. The fourth-order valence-corrected chi connectivity index (χ4v) is 4.72. The van der Waals surface area contributed by atoms with E-state index in [2.05, 4.69) is 47.8 Å². The standard InChI is InChI=1S/C25H28Cl2N4O/c1-31(2)22-14-23(30-21-9-4-3-6-18(21)22)29-17-12-10-16(11-13-17)15-28-25(32)19-7-5-8-20(26)24(19)27/h3-9,14,16-17H,10-13,15H2,1-2H3,(H,28,32)(H,29,30)/t16-,17+. The maximum atomic E-state index is 12.5. The number of rotatable bonds is 6. The average Bonchev–Trinajstić information content (AvgIpc) is 2.79. The van der Waals surface area contributed by atoms with E-state index in [0.29, 0.717) is 34.1 Å². The summed E-state index contributed by atoms with van der Waals surface area (Å²) in [6, 6.07) is 15.9. The third-order valence-electron chi connectivity index (χ3n) is 6.12. The highest BCUT2D eigenvalue weighted by Crippen LogP contribution is 2.31. The van der Waals surface area contributed by atoms with Crippen molar-refractivity contribution >= 4 is 51.5 Å². The summed E-state index contributed by atoms with van der Waals surface area (Å²) in [4.78, 5) is 19.4. The number of benzene rings is 2. The Morgan fingerprint density at radius 3 is 2.56 bits per heavy atom. The summed E-state index contributed by atoms with van der Waals surface area (Å²) < 4.78 is 0. The summed E-state index contributed by atoms with van der Waals surface area (Å²) in [5, 5.41) is 8.51. The number of hydrogen-bond acceptors (Lipinski definition) is 4. The van der Waals surface area contributed by atoms with Crippen LogP contribution in [0.4, 0.5) is 11.5 Å². The summed E-state index contributed by atoms with van der Waals surface area (Å²) in [6.07, 6.45) is 4.19. The third-order valence-corrected chi connectivity index (χ3v) is 6.94. The van der Waals surface area contributed by atoms with Crippen LogP contribution in [-0.2, 0) is 0 Å². The number of nitrogens with zero attached hydrogens (tertiary/aromatic N) is 2. The van der Waals surface area contributed by atoms with Gasteiger partial charge in [-0.1, -0.05) is 47.5 Å². The Bertz CT molecular complexity index is 1110. The highest BCUT2D eigenvalue weighted by Gasteiger charge is 2.23. The molecule has 1 fully saturated rings. The van der Waals surface area contributed by atoms with Crippen LogP contribution in [0.5, 0.6) is 0 Å². The van der Waals surface area contributed by atoms with Crippen molar-refractivity contribution in [1.82, 2.24) is 10.3 Å². The number of amides is 1. The summed E-state index contributed by atoms with van der Waals surface area (Å²) in [7, 11) is 4.11. The smallest absolute Gasteiger partial charge is 0.252 e. The third kappa shape index (κ3) is 5.11. The molecule has 0 saturated heterocycles. The first kappa shape index (κ1) is 22.7. The van der Waals surface area contributed by atoms with E-state index < -0.39 is 0 Å². The van der Waals surface area contributed by atoms with Crippen LogP contribution in [0, 0.1) is 5.92 Å². The van der Waals surface area contributed by atoms with Crippen LogP contribution >= 0.6 is 23.2 Å². The van der Waals surface area contributed by atoms with E-state index in [1.54, 1.807) is 18.2 Å². The number of nitrogens with one attached hydrogen (secondary N) is 2. The highest BCUT2D eigenvalue weighted by molar-refractivity contribution is 6.43. The zero-order valence-electron chi connectivity index (χ0n) is 18.4. The number of carbonyl (C=O) groups excluding carboxylic acids is 1. The number of fused-ring (bicyclic) bond motifs is 1. The first-order chi connectivity index (χ1) is 15.4. The van der Waals surface area contributed by atoms with Crippen molar-refractivity contribution in [1.29, 1.82) is 0 Å². The predicted molar refractivity (Wildman–Crippen MR) is 134 cm³/mol. The normalized spacial score (nSPS) is 18.4. The minimum absolute atomic E-state index is 0.172. The van der Waals surface area contributed by atoms with E-state index >= 15 is 0 Å². The topological polar surface area (TPSA) is 57.3 Å². The summed E-state index contributed by atoms with van der Waals surface area (Å²) in [5.74, 6) is 1.20. The molecular weight excluding hydrogens is 443 g/mol. The maximum Gasteiger partial charge on any atom is 0.252 e. The number of halogens is 2. The molecule has 1 saturated carbocycles. The molecule has 0 atom stereocenters. The molecule has 0 radical (unpaired) electrons. The van der Waals surface area contributed by atoms with Gasteiger partial charge in [-0.25, -0.2) is 4.98 Å². The zero-order chi connectivity index (χ0) is 22.7. The molecule has 3 aromatic rings. The number of pyridine rings is 1. The Labute approximate surface area is 199 Å². The van der Waals surface area contributed by atoms with Crippen LogP contribution in [0.15, 0.2) is 48.5 Å². The van der Waals surface area contributed by atoms with Gasteiger partial charge in [0, 0.05) is 43.8 Å². The molecule has 5 nitrogen and oxygen atoms in total. The molecule has 4 rings (SSSR count). The SMILES string of the molecule is CN(C)c1cc(N[C@H]2CC[C@@H](CNC(=O)c3cccc(Cl)c3Cl)CC2)nc2ccccc12. The van der Waals surface area contributed by atoms with E-state index in [9.17, 15) is 4.79 Å². The van der Waals surface area contributed by atoms with Crippen molar-refractivity contribution in [2.45, 2.75) is 31.7 Å². The van der Waals surface area contributed by atoms with Crippen molar-refractivity contribution in [2.75, 3.05) is 30.9 Å². The van der Waals surface area contributed by atoms with E-state index in [1.807, 2.05) is 12.1 Å². The summed E-state index contributed by atoms with van der Waals surface area (Å²) >= 11 is 12.2. The molecule has 0 bridgehead atoms. The molecule has 1 amide bonds. The summed E-state index contributed by atoms with van der Waals surface area (Å²) in [5.41, 5.74) is 2.58. The first-order valence-electron chi connectivity index (χ1n) is 11.0. The highest BCUT2D eigenvalue weighted by atomic mass is 35.5. The van der Waals surface area contributed by atoms with Crippen LogP contribution in [0.3, 0.4) is 0 Å². The van der Waals surface area contributed by atoms with Gasteiger partial charge in [-0.15, -0.1) is 0 Å². The molecule has 2 aromatic carbocycles. The van der Waals surface area contributed by atoms with Gasteiger partial charge in [0.1, 0.15) is 5.82 Å². The van der Waals surface area contributed by atoms with Crippen LogP contribution in [0.2, 0.25) is 10.0 Å². The molecule has 0 unspecified atom stereocenters. The van der Waals surface area contributed by atoms with Gasteiger partial charge >= 0.3 is 0 Å². The lowest BCUT2D eigenvalue weighted by atomic mass is 9.86. The number of para-hydroxylation sites is 1. The van der Waals surface area contributed by atoms with Crippen molar-refractivity contribution in [3.63, 3.8) is 0 Å². The van der Waals surface area contributed by atoms with Crippen molar-refractivity contribution in [3.8, 4) is 0 Å². The Kier molecular flexibility index (Phi) is 7.07. The second-order valence-corrected chi connectivity index (χ2v) is 9.40. The minimum Gasteiger partial charge on any atom is -0.377 e. The van der Waals surface area contributed by atoms with Gasteiger partial charge in [-0.2, -0.15) is 0 Å². The van der Waals surface area contributed by atoms with E-state index in [-0.39, 0.29) is 5.91 Å². The molecule has 2 N–H and O–H groups in total. The summed E-state index contributed by atoms with van der Waals surface area (Å²) in [6.45, 7) is 0.646. The average molecular weight is 471 g/mol. The molecule has 1 aliphatic rings. The predicted octanol–water partition coefficient (Wildman–Crippen LogP) is 6.01. The first-order valence-corrected chi connectivity index (χ1v) is 11.7. The fraction of sp³-hybridized carbons (Fsp3) is 0.360. The molecule has 1 aromatic heterocycles.